The monoisotopic (exact) mass is 338 g/mol. The van der Waals surface area contributed by atoms with Crippen LogP contribution in [0, 0.1) is 0 Å². The van der Waals surface area contributed by atoms with Crippen molar-refractivity contribution in [2.75, 3.05) is 0 Å². The Morgan fingerprint density at radius 3 is 2.32 bits per heavy atom. The molecule has 126 valence electrons. The van der Waals surface area contributed by atoms with Gasteiger partial charge in [-0.1, -0.05) is 20.3 Å². The Morgan fingerprint density at radius 2 is 1.91 bits per heavy atom. The van der Waals surface area contributed by atoms with Crippen LogP contribution in [0.15, 0.2) is 4.99 Å². The fraction of sp³-hybridized carbons (Fsp3) is 0.714. The summed E-state index contributed by atoms with van der Waals surface area (Å²) in [5.41, 5.74) is -0.967. The first-order chi connectivity index (χ1) is 10.1. The summed E-state index contributed by atoms with van der Waals surface area (Å²) in [5, 5.41) is 8.86. The van der Waals surface area contributed by atoms with Crippen molar-refractivity contribution in [3.8, 4) is 0 Å². The van der Waals surface area contributed by atoms with Gasteiger partial charge in [0.15, 0.2) is 0 Å². The zero-order valence-corrected chi connectivity index (χ0v) is 13.9. The van der Waals surface area contributed by atoms with E-state index in [1.165, 1.54) is 3.96 Å². The zero-order valence-electron chi connectivity index (χ0n) is 13.1. The molecule has 4 nitrogen and oxygen atoms in total. The van der Waals surface area contributed by atoms with Gasteiger partial charge >= 0.3 is 12.3 Å². The van der Waals surface area contributed by atoms with Crippen molar-refractivity contribution in [2.24, 2.45) is 4.99 Å². The van der Waals surface area contributed by atoms with Gasteiger partial charge in [-0.2, -0.15) is 18.2 Å². The van der Waals surface area contributed by atoms with E-state index in [0.29, 0.717) is 24.1 Å². The summed E-state index contributed by atoms with van der Waals surface area (Å²) in [7, 11) is 0. The Morgan fingerprint density at radius 1 is 1.32 bits per heavy atom. The Hall–Kier alpha value is -1.31. The maximum absolute atomic E-state index is 13.3. The van der Waals surface area contributed by atoms with Gasteiger partial charge in [-0.25, -0.2) is 4.79 Å². The molecule has 0 fully saturated rings. The number of rotatable bonds is 5. The van der Waals surface area contributed by atoms with E-state index >= 15 is 0 Å². The predicted molar refractivity (Wildman–Crippen MR) is 79.3 cm³/mol. The van der Waals surface area contributed by atoms with Crippen molar-refractivity contribution in [3.63, 3.8) is 0 Å². The molecule has 1 aromatic rings. The number of hydrogen-bond acceptors (Lipinski definition) is 2. The van der Waals surface area contributed by atoms with Crippen molar-refractivity contribution in [2.45, 2.75) is 65.1 Å². The minimum atomic E-state index is -4.44. The predicted octanol–water partition coefficient (Wildman–Crippen LogP) is 4.33. The number of halogens is 3. The van der Waals surface area contributed by atoms with E-state index in [1.807, 2.05) is 6.92 Å². The molecule has 0 bridgehead atoms. The van der Waals surface area contributed by atoms with Gasteiger partial charge in [-0.15, -0.1) is 0 Å². The van der Waals surface area contributed by atoms with E-state index < -0.39 is 17.8 Å². The summed E-state index contributed by atoms with van der Waals surface area (Å²) >= 11 is 0.772. The smallest absolute Gasteiger partial charge is 0.432 e. The first-order valence-corrected chi connectivity index (χ1v) is 7.92. The third-order valence-corrected chi connectivity index (χ3v) is 4.91. The summed E-state index contributed by atoms with van der Waals surface area (Å²) in [6.07, 6.45) is -3.26. The third-order valence-electron chi connectivity index (χ3n) is 3.54. The van der Waals surface area contributed by atoms with Crippen LogP contribution in [0.3, 0.4) is 0 Å². The highest BCUT2D eigenvalue weighted by Crippen LogP contribution is 2.38. The Bertz CT molecular complexity index is 600. The average molecular weight is 338 g/mol. The van der Waals surface area contributed by atoms with Crippen molar-refractivity contribution >= 4 is 17.6 Å². The molecule has 1 aromatic heterocycles. The molecule has 0 aliphatic heterocycles. The molecular formula is C14H21F3N2O2S. The van der Waals surface area contributed by atoms with E-state index in [9.17, 15) is 18.0 Å². The van der Waals surface area contributed by atoms with E-state index in [-0.39, 0.29) is 4.67 Å². The van der Waals surface area contributed by atoms with Gasteiger partial charge in [-0.05, 0) is 44.6 Å². The highest BCUT2D eigenvalue weighted by Gasteiger charge is 2.50. The van der Waals surface area contributed by atoms with Gasteiger partial charge < -0.3 is 5.11 Å². The number of hydrogen-bond donors (Lipinski definition) is 1. The molecule has 0 spiro atoms. The first kappa shape index (κ1) is 18.7. The van der Waals surface area contributed by atoms with E-state index in [0.717, 1.165) is 38.2 Å². The lowest BCUT2D eigenvalue weighted by molar-refractivity contribution is -0.200. The Balaban J connectivity index is 3.60. The highest BCUT2D eigenvalue weighted by atomic mass is 32.1. The van der Waals surface area contributed by atoms with Crippen molar-refractivity contribution < 1.29 is 23.1 Å². The molecule has 0 unspecified atom stereocenters. The molecule has 0 aromatic carbocycles. The van der Waals surface area contributed by atoms with Crippen LogP contribution < -0.4 is 4.67 Å². The molecule has 1 heterocycles. The van der Waals surface area contributed by atoms with Gasteiger partial charge in [0.2, 0.25) is 0 Å². The summed E-state index contributed by atoms with van der Waals surface area (Å²) < 4.78 is 41.3. The number of amides is 1. The second-order valence-corrected chi connectivity index (χ2v) is 6.46. The summed E-state index contributed by atoms with van der Waals surface area (Å²) in [6, 6.07) is 0. The lowest BCUT2D eigenvalue weighted by Crippen LogP contribution is -2.42. The fourth-order valence-corrected chi connectivity index (χ4v) is 3.45. The van der Waals surface area contributed by atoms with Crippen LogP contribution in [-0.4, -0.2) is 21.3 Å². The van der Waals surface area contributed by atoms with Crippen LogP contribution in [0.2, 0.25) is 0 Å². The van der Waals surface area contributed by atoms with Crippen LogP contribution in [-0.2, 0) is 18.4 Å². The molecule has 0 radical (unpaired) electrons. The fourth-order valence-electron chi connectivity index (χ4n) is 2.15. The Kier molecular flexibility index (Phi) is 5.83. The molecular weight excluding hydrogens is 317 g/mol. The van der Waals surface area contributed by atoms with Gasteiger partial charge in [0.05, 0.1) is 0 Å². The molecule has 1 N–H and O–H groups in total. The second-order valence-electron chi connectivity index (χ2n) is 5.52. The maximum Gasteiger partial charge on any atom is 0.432 e. The van der Waals surface area contributed by atoms with Gasteiger partial charge in [-0.3, -0.25) is 3.96 Å². The lowest BCUT2D eigenvalue weighted by Gasteiger charge is -2.30. The van der Waals surface area contributed by atoms with Crippen molar-refractivity contribution in [1.82, 2.24) is 3.96 Å². The Labute approximate surface area is 131 Å². The van der Waals surface area contributed by atoms with Crippen LogP contribution in [0.25, 0.3) is 0 Å². The topological polar surface area (TPSA) is 54.6 Å². The molecule has 1 rings (SSSR count). The number of aromatic nitrogens is 1. The quantitative estimate of drug-likeness (QED) is 0.869. The van der Waals surface area contributed by atoms with E-state index in [1.54, 1.807) is 6.92 Å². The molecule has 22 heavy (non-hydrogen) atoms. The average Bonchev–Trinajstić information content (AvgIpc) is 2.72. The zero-order chi connectivity index (χ0) is 17.1. The van der Waals surface area contributed by atoms with Crippen molar-refractivity contribution in [1.29, 1.82) is 0 Å². The summed E-state index contributed by atoms with van der Waals surface area (Å²) in [4.78, 5) is 14.3. The number of unbranched alkanes of at least 4 members (excludes halogenated alkanes) is 1. The molecule has 0 aliphatic carbocycles. The van der Waals surface area contributed by atoms with Crippen molar-refractivity contribution in [3.05, 3.63) is 15.9 Å². The largest absolute Gasteiger partial charge is 0.463 e. The molecule has 0 atom stereocenters. The highest BCUT2D eigenvalue weighted by molar-refractivity contribution is 7.04. The van der Waals surface area contributed by atoms with Crippen LogP contribution in [0.1, 0.15) is 51.8 Å². The number of nitrogens with zero attached hydrogens (tertiary/aromatic N) is 2. The van der Waals surface area contributed by atoms with Crippen LogP contribution >= 0.6 is 11.5 Å². The van der Waals surface area contributed by atoms with Gasteiger partial charge in [0, 0.05) is 11.3 Å². The molecule has 0 saturated heterocycles. The molecule has 1 amide bonds. The summed E-state index contributed by atoms with van der Waals surface area (Å²) in [5.74, 6) is 0. The number of alkyl halides is 3. The van der Waals surface area contributed by atoms with E-state index in [2.05, 4.69) is 4.99 Å². The van der Waals surface area contributed by atoms with Crippen LogP contribution in [0.4, 0.5) is 18.0 Å². The standard InChI is InChI=1S/C14H21F3N2O2S/c1-5-7-8-9-10(6-2)19(13(3,4)14(15,16)17)22-11(9)18-12(20)21/h5-8H2,1-4H3,(H,20,21). The summed E-state index contributed by atoms with van der Waals surface area (Å²) in [6.45, 7) is 5.93. The van der Waals surface area contributed by atoms with Crippen LogP contribution in [0.5, 0.6) is 0 Å². The van der Waals surface area contributed by atoms with E-state index in [4.69, 9.17) is 5.11 Å². The number of carbonyl (C=O) groups is 1. The van der Waals surface area contributed by atoms with Gasteiger partial charge in [0.25, 0.3) is 0 Å². The minimum Gasteiger partial charge on any atom is -0.463 e. The van der Waals surface area contributed by atoms with Gasteiger partial charge in [0.1, 0.15) is 10.2 Å². The third kappa shape index (κ3) is 3.71. The lowest BCUT2D eigenvalue weighted by atomic mass is 10.0. The number of carboxylic acid groups (broad SMARTS) is 1. The second kappa shape index (κ2) is 6.85. The molecule has 0 aliphatic rings. The molecule has 0 saturated carbocycles. The first-order valence-electron chi connectivity index (χ1n) is 7.15. The minimum absolute atomic E-state index is 0.162. The molecule has 8 heteroatoms. The SMILES string of the molecule is CCCCc1c(CC)n(C(C)(C)C(F)(F)F)sc1=NC(=O)O. The maximum atomic E-state index is 13.3. The normalized spacial score (nSPS) is 13.7.